The topological polar surface area (TPSA) is 51.2 Å². The van der Waals surface area contributed by atoms with Gasteiger partial charge in [0.1, 0.15) is 22.2 Å². The number of nitrogens with one attached hydrogen (secondary N) is 1. The van der Waals surface area contributed by atoms with Gasteiger partial charge in [-0.15, -0.1) is 11.3 Å². The van der Waals surface area contributed by atoms with Crippen molar-refractivity contribution in [1.82, 2.24) is 10.3 Å². The fourth-order valence-electron chi connectivity index (χ4n) is 2.56. The average molecular weight is 346 g/mol. The molecular formula is C19H26N2O2S. The third-order valence-corrected chi connectivity index (χ3v) is 4.89. The van der Waals surface area contributed by atoms with Gasteiger partial charge in [-0.25, -0.2) is 4.98 Å². The second-order valence-electron chi connectivity index (χ2n) is 6.71. The third-order valence-electron chi connectivity index (χ3n) is 3.76. The molecule has 0 aliphatic heterocycles. The fraction of sp³-hybridized carbons (Fsp3) is 0.474. The van der Waals surface area contributed by atoms with Gasteiger partial charge < -0.3 is 10.1 Å². The van der Waals surface area contributed by atoms with Crippen LogP contribution < -0.4 is 10.1 Å². The molecule has 24 heavy (non-hydrogen) atoms. The van der Waals surface area contributed by atoms with E-state index in [0.29, 0.717) is 11.5 Å². The monoisotopic (exact) mass is 346 g/mol. The zero-order chi connectivity index (χ0) is 17.7. The Bertz CT molecular complexity index is 690. The first-order valence-corrected chi connectivity index (χ1v) is 9.10. The van der Waals surface area contributed by atoms with Gasteiger partial charge in [-0.2, -0.15) is 0 Å². The molecule has 0 unspecified atom stereocenters. The van der Waals surface area contributed by atoms with E-state index in [1.807, 2.05) is 52.0 Å². The molecule has 1 aromatic carbocycles. The first-order valence-electron chi connectivity index (χ1n) is 8.29. The maximum absolute atomic E-state index is 12.5. The van der Waals surface area contributed by atoms with Gasteiger partial charge in [0, 0.05) is 5.54 Å². The number of ether oxygens (including phenoxy) is 1. The van der Waals surface area contributed by atoms with E-state index in [4.69, 9.17) is 4.74 Å². The standard InChI is InChI=1S/C19H26N2O2S/c1-6-11-19(4,5)21-18(22)17-14(3)20-16(24-17)12-23-15-9-7-13(2)8-10-15/h7-10H,6,11-12H2,1-5H3,(H,21,22). The van der Waals surface area contributed by atoms with E-state index in [1.54, 1.807) is 0 Å². The summed E-state index contributed by atoms with van der Waals surface area (Å²) in [5.74, 6) is 0.758. The van der Waals surface area contributed by atoms with Gasteiger partial charge in [-0.3, -0.25) is 4.79 Å². The molecular weight excluding hydrogens is 320 g/mol. The Hall–Kier alpha value is -1.88. The Morgan fingerprint density at radius 1 is 1.25 bits per heavy atom. The van der Waals surface area contributed by atoms with Gasteiger partial charge in [0.15, 0.2) is 0 Å². The number of benzene rings is 1. The Balaban J connectivity index is 2.01. The average Bonchev–Trinajstić information content (AvgIpc) is 2.87. The lowest BCUT2D eigenvalue weighted by atomic mass is 9.99. The molecule has 0 radical (unpaired) electrons. The highest BCUT2D eigenvalue weighted by Gasteiger charge is 2.23. The maximum atomic E-state index is 12.5. The first kappa shape index (κ1) is 18.5. The molecule has 1 N–H and O–H groups in total. The van der Waals surface area contributed by atoms with E-state index in [2.05, 4.69) is 17.2 Å². The van der Waals surface area contributed by atoms with E-state index in [0.717, 1.165) is 29.3 Å². The molecule has 2 aromatic rings. The van der Waals surface area contributed by atoms with Crippen LogP contribution in [0, 0.1) is 13.8 Å². The van der Waals surface area contributed by atoms with Crippen LogP contribution in [-0.2, 0) is 6.61 Å². The van der Waals surface area contributed by atoms with Crippen molar-refractivity contribution in [1.29, 1.82) is 0 Å². The van der Waals surface area contributed by atoms with Gasteiger partial charge in [0.05, 0.1) is 5.69 Å². The van der Waals surface area contributed by atoms with Crippen molar-refractivity contribution in [2.75, 3.05) is 0 Å². The number of hydrogen-bond acceptors (Lipinski definition) is 4. The number of aryl methyl sites for hydroxylation is 2. The van der Waals surface area contributed by atoms with Crippen LogP contribution in [0.25, 0.3) is 0 Å². The van der Waals surface area contributed by atoms with Crippen LogP contribution in [0.5, 0.6) is 5.75 Å². The number of thiazole rings is 1. The Labute approximate surface area is 148 Å². The lowest BCUT2D eigenvalue weighted by Crippen LogP contribution is -2.43. The second kappa shape index (κ2) is 7.79. The minimum Gasteiger partial charge on any atom is -0.486 e. The molecule has 0 atom stereocenters. The predicted octanol–water partition coefficient (Wildman–Crippen LogP) is 4.65. The summed E-state index contributed by atoms with van der Waals surface area (Å²) in [6.45, 7) is 10.5. The molecule has 0 aliphatic carbocycles. The summed E-state index contributed by atoms with van der Waals surface area (Å²) in [6.07, 6.45) is 1.98. The largest absolute Gasteiger partial charge is 0.486 e. The van der Waals surface area contributed by atoms with Crippen molar-refractivity contribution in [2.45, 2.75) is 59.6 Å². The molecule has 1 aromatic heterocycles. The number of aromatic nitrogens is 1. The van der Waals surface area contributed by atoms with E-state index in [-0.39, 0.29) is 11.4 Å². The minimum atomic E-state index is -0.208. The lowest BCUT2D eigenvalue weighted by molar-refractivity contribution is 0.0912. The molecule has 0 saturated heterocycles. The Morgan fingerprint density at radius 3 is 2.54 bits per heavy atom. The smallest absolute Gasteiger partial charge is 0.263 e. The summed E-state index contributed by atoms with van der Waals surface area (Å²) in [5.41, 5.74) is 1.74. The lowest BCUT2D eigenvalue weighted by Gasteiger charge is -2.25. The van der Waals surface area contributed by atoms with Gasteiger partial charge in [-0.1, -0.05) is 31.0 Å². The number of rotatable bonds is 7. The van der Waals surface area contributed by atoms with Crippen LogP contribution in [0.2, 0.25) is 0 Å². The summed E-state index contributed by atoms with van der Waals surface area (Å²) in [5, 5.41) is 3.91. The van der Waals surface area contributed by atoms with Crippen molar-refractivity contribution >= 4 is 17.2 Å². The molecule has 0 bridgehead atoms. The van der Waals surface area contributed by atoms with E-state index < -0.39 is 0 Å². The highest BCUT2D eigenvalue weighted by atomic mass is 32.1. The summed E-state index contributed by atoms with van der Waals surface area (Å²) in [4.78, 5) is 17.6. The molecule has 0 spiro atoms. The van der Waals surface area contributed by atoms with Crippen molar-refractivity contribution in [3.05, 3.63) is 45.4 Å². The molecule has 0 fully saturated rings. The van der Waals surface area contributed by atoms with Gasteiger partial charge in [0.25, 0.3) is 5.91 Å². The quantitative estimate of drug-likeness (QED) is 0.794. The summed E-state index contributed by atoms with van der Waals surface area (Å²) < 4.78 is 5.75. The van der Waals surface area contributed by atoms with Gasteiger partial charge >= 0.3 is 0 Å². The maximum Gasteiger partial charge on any atom is 0.263 e. The molecule has 130 valence electrons. The molecule has 2 rings (SSSR count). The fourth-order valence-corrected chi connectivity index (χ4v) is 3.43. The van der Waals surface area contributed by atoms with Crippen molar-refractivity contribution in [3.8, 4) is 5.75 Å². The number of amides is 1. The number of hydrogen-bond donors (Lipinski definition) is 1. The zero-order valence-electron chi connectivity index (χ0n) is 15.1. The molecule has 0 aliphatic rings. The normalized spacial score (nSPS) is 11.4. The van der Waals surface area contributed by atoms with Crippen LogP contribution in [0.15, 0.2) is 24.3 Å². The Morgan fingerprint density at radius 2 is 1.92 bits per heavy atom. The predicted molar refractivity (Wildman–Crippen MR) is 98.8 cm³/mol. The number of nitrogens with zero attached hydrogens (tertiary/aromatic N) is 1. The van der Waals surface area contributed by atoms with E-state index in [9.17, 15) is 4.79 Å². The highest BCUT2D eigenvalue weighted by molar-refractivity contribution is 7.13. The Kier molecular flexibility index (Phi) is 5.99. The number of carbonyl (C=O) groups is 1. The first-order chi connectivity index (χ1) is 11.3. The molecule has 5 heteroatoms. The van der Waals surface area contributed by atoms with Crippen LogP contribution in [-0.4, -0.2) is 16.4 Å². The summed E-state index contributed by atoms with van der Waals surface area (Å²) in [6, 6.07) is 7.90. The minimum absolute atomic E-state index is 0.0509. The molecule has 0 saturated carbocycles. The van der Waals surface area contributed by atoms with Crippen LogP contribution in [0.3, 0.4) is 0 Å². The van der Waals surface area contributed by atoms with Crippen molar-refractivity contribution in [3.63, 3.8) is 0 Å². The highest BCUT2D eigenvalue weighted by Crippen LogP contribution is 2.22. The van der Waals surface area contributed by atoms with Gasteiger partial charge in [-0.05, 0) is 46.2 Å². The zero-order valence-corrected chi connectivity index (χ0v) is 15.9. The van der Waals surface area contributed by atoms with Crippen LogP contribution >= 0.6 is 11.3 Å². The molecule has 1 amide bonds. The van der Waals surface area contributed by atoms with Crippen LogP contribution in [0.1, 0.15) is 59.5 Å². The summed E-state index contributed by atoms with van der Waals surface area (Å²) in [7, 11) is 0. The molecule has 4 nitrogen and oxygen atoms in total. The summed E-state index contributed by atoms with van der Waals surface area (Å²) >= 11 is 1.40. The second-order valence-corrected chi connectivity index (χ2v) is 7.80. The number of carbonyl (C=O) groups excluding carboxylic acids is 1. The van der Waals surface area contributed by atoms with Gasteiger partial charge in [0.2, 0.25) is 0 Å². The van der Waals surface area contributed by atoms with Crippen LogP contribution in [0.4, 0.5) is 0 Å². The third kappa shape index (κ3) is 5.06. The SMILES string of the molecule is CCCC(C)(C)NC(=O)c1sc(COc2ccc(C)cc2)nc1C. The molecule has 1 heterocycles. The van der Waals surface area contributed by atoms with Crippen molar-refractivity contribution < 1.29 is 9.53 Å². The van der Waals surface area contributed by atoms with Crippen molar-refractivity contribution in [2.24, 2.45) is 0 Å². The van der Waals surface area contributed by atoms with E-state index in [1.165, 1.54) is 16.9 Å². The van der Waals surface area contributed by atoms with E-state index >= 15 is 0 Å².